The first-order valence-corrected chi connectivity index (χ1v) is 7.99. The lowest BCUT2D eigenvalue weighted by Crippen LogP contribution is -2.38. The van der Waals surface area contributed by atoms with Crippen molar-refractivity contribution in [2.75, 3.05) is 26.3 Å². The van der Waals surface area contributed by atoms with Crippen LogP contribution in [0.1, 0.15) is 32.8 Å². The van der Waals surface area contributed by atoms with Crippen LogP contribution in [-0.4, -0.2) is 37.4 Å². The van der Waals surface area contributed by atoms with Gasteiger partial charge in [-0.25, -0.2) is 4.99 Å². The molecule has 1 rings (SSSR count). The summed E-state index contributed by atoms with van der Waals surface area (Å²) < 4.78 is 5.55. The second-order valence-electron chi connectivity index (χ2n) is 5.61. The average Bonchev–Trinajstić information content (AvgIpc) is 2.49. The zero-order valence-electron chi connectivity index (χ0n) is 14.3. The van der Waals surface area contributed by atoms with Crippen molar-refractivity contribution in [3.63, 3.8) is 0 Å². The van der Waals surface area contributed by atoms with Gasteiger partial charge >= 0.3 is 0 Å². The zero-order chi connectivity index (χ0) is 16.2. The number of aliphatic imine (C=N–C) groups is 1. The molecule has 0 unspecified atom stereocenters. The van der Waals surface area contributed by atoms with Gasteiger partial charge in [0, 0.05) is 26.3 Å². The van der Waals surface area contributed by atoms with E-state index in [1.807, 2.05) is 19.1 Å². The maximum atomic E-state index is 9.27. The number of guanidine groups is 1. The Hall–Kier alpha value is -1.02. The van der Waals surface area contributed by atoms with Crippen molar-refractivity contribution < 1.29 is 9.84 Å². The van der Waals surface area contributed by atoms with E-state index >= 15 is 0 Å². The summed E-state index contributed by atoms with van der Waals surface area (Å²) in [6.45, 7) is 10.2. The number of halogens is 1. The fraction of sp³-hybridized carbons (Fsp3) is 0.588. The minimum atomic E-state index is 0. The van der Waals surface area contributed by atoms with Crippen LogP contribution >= 0.6 is 24.0 Å². The number of nitrogens with one attached hydrogen (secondary N) is 2. The minimum absolute atomic E-state index is 0. The van der Waals surface area contributed by atoms with Crippen LogP contribution in [0.4, 0.5) is 0 Å². The van der Waals surface area contributed by atoms with Crippen molar-refractivity contribution in [2.45, 2.75) is 33.7 Å². The molecule has 0 aliphatic rings. The Balaban J connectivity index is 0.00000484. The molecule has 0 atom stereocenters. The molecule has 0 amide bonds. The largest absolute Gasteiger partial charge is 0.508 e. The van der Waals surface area contributed by atoms with E-state index in [1.165, 1.54) is 0 Å². The molecule has 0 fully saturated rings. The smallest absolute Gasteiger partial charge is 0.191 e. The van der Waals surface area contributed by atoms with E-state index in [4.69, 9.17) is 4.74 Å². The SMILES string of the molecule is CCNC(=NCc1ccc(O)cc1)NCCCOCC(C)C.I. The van der Waals surface area contributed by atoms with Crippen molar-refractivity contribution >= 4 is 29.9 Å². The molecule has 5 nitrogen and oxygen atoms in total. The molecule has 0 aliphatic heterocycles. The van der Waals surface area contributed by atoms with Gasteiger partial charge in [-0.1, -0.05) is 26.0 Å². The fourth-order valence-corrected chi connectivity index (χ4v) is 1.81. The van der Waals surface area contributed by atoms with Gasteiger partial charge in [-0.15, -0.1) is 24.0 Å². The van der Waals surface area contributed by atoms with E-state index in [0.29, 0.717) is 12.5 Å². The molecule has 0 aromatic heterocycles. The number of nitrogens with zero attached hydrogens (tertiary/aromatic N) is 1. The van der Waals surface area contributed by atoms with Crippen LogP contribution in [0.25, 0.3) is 0 Å². The van der Waals surface area contributed by atoms with Crippen molar-refractivity contribution in [2.24, 2.45) is 10.9 Å². The standard InChI is InChI=1S/C17H29N3O2.HI/c1-4-18-17(19-10-5-11-22-13-14(2)3)20-12-15-6-8-16(21)9-7-15;/h6-9,14,21H,4-5,10-13H2,1-3H3,(H2,18,19,20);1H. The Morgan fingerprint density at radius 1 is 1.22 bits per heavy atom. The van der Waals surface area contributed by atoms with Crippen LogP contribution in [0.2, 0.25) is 0 Å². The molecule has 1 aromatic rings. The number of aromatic hydroxyl groups is 1. The minimum Gasteiger partial charge on any atom is -0.508 e. The van der Waals surface area contributed by atoms with Gasteiger partial charge in [-0.2, -0.15) is 0 Å². The highest BCUT2D eigenvalue weighted by molar-refractivity contribution is 14.0. The fourth-order valence-electron chi connectivity index (χ4n) is 1.81. The Bertz CT molecular complexity index is 436. The molecule has 132 valence electrons. The van der Waals surface area contributed by atoms with Crippen LogP contribution in [-0.2, 0) is 11.3 Å². The van der Waals surface area contributed by atoms with Gasteiger partial charge in [0.15, 0.2) is 5.96 Å². The molecule has 0 spiro atoms. The van der Waals surface area contributed by atoms with Gasteiger partial charge in [0.1, 0.15) is 5.75 Å². The third-order valence-corrected chi connectivity index (χ3v) is 2.91. The third kappa shape index (κ3) is 11.2. The van der Waals surface area contributed by atoms with E-state index < -0.39 is 0 Å². The van der Waals surface area contributed by atoms with Crippen molar-refractivity contribution in [3.05, 3.63) is 29.8 Å². The molecule has 6 heteroatoms. The van der Waals surface area contributed by atoms with Crippen molar-refractivity contribution in [1.82, 2.24) is 10.6 Å². The van der Waals surface area contributed by atoms with E-state index in [2.05, 4.69) is 29.5 Å². The van der Waals surface area contributed by atoms with Crippen LogP contribution in [0.5, 0.6) is 5.75 Å². The molecule has 0 bridgehead atoms. The molecule has 0 saturated carbocycles. The summed E-state index contributed by atoms with van der Waals surface area (Å²) in [5.74, 6) is 1.66. The molecule has 23 heavy (non-hydrogen) atoms. The number of phenols is 1. The lowest BCUT2D eigenvalue weighted by molar-refractivity contribution is 0.108. The Morgan fingerprint density at radius 3 is 2.52 bits per heavy atom. The lowest BCUT2D eigenvalue weighted by atomic mass is 10.2. The second-order valence-corrected chi connectivity index (χ2v) is 5.61. The maximum Gasteiger partial charge on any atom is 0.191 e. The lowest BCUT2D eigenvalue weighted by Gasteiger charge is -2.12. The zero-order valence-corrected chi connectivity index (χ0v) is 16.7. The first-order chi connectivity index (χ1) is 10.6. The monoisotopic (exact) mass is 435 g/mol. The van der Waals surface area contributed by atoms with Gasteiger partial charge in [0.05, 0.1) is 6.54 Å². The molecule has 0 saturated heterocycles. The number of benzene rings is 1. The molecule has 0 aliphatic carbocycles. The summed E-state index contributed by atoms with van der Waals surface area (Å²) in [5.41, 5.74) is 1.07. The second kappa shape index (κ2) is 13.4. The summed E-state index contributed by atoms with van der Waals surface area (Å²) in [6.07, 6.45) is 0.955. The van der Waals surface area contributed by atoms with Crippen LogP contribution < -0.4 is 10.6 Å². The molecular formula is C17H30IN3O2. The van der Waals surface area contributed by atoms with Gasteiger partial charge in [0.25, 0.3) is 0 Å². The predicted octanol–water partition coefficient (Wildman–Crippen LogP) is 3.13. The number of ether oxygens (including phenoxy) is 1. The van der Waals surface area contributed by atoms with Gasteiger partial charge in [0.2, 0.25) is 0 Å². The number of rotatable bonds is 9. The van der Waals surface area contributed by atoms with Gasteiger partial charge in [-0.3, -0.25) is 0 Å². The number of hydrogen-bond donors (Lipinski definition) is 3. The molecule has 0 radical (unpaired) electrons. The van der Waals surface area contributed by atoms with Crippen LogP contribution in [0.3, 0.4) is 0 Å². The van der Waals surface area contributed by atoms with Crippen molar-refractivity contribution in [1.29, 1.82) is 0 Å². The summed E-state index contributed by atoms with van der Waals surface area (Å²) in [7, 11) is 0. The van der Waals surface area contributed by atoms with E-state index in [9.17, 15) is 5.11 Å². The molecule has 0 heterocycles. The quantitative estimate of drug-likeness (QED) is 0.241. The summed E-state index contributed by atoms with van der Waals surface area (Å²) >= 11 is 0. The first kappa shape index (κ1) is 22.0. The highest BCUT2D eigenvalue weighted by Gasteiger charge is 1.98. The summed E-state index contributed by atoms with van der Waals surface area (Å²) in [6, 6.07) is 7.11. The third-order valence-electron chi connectivity index (χ3n) is 2.91. The van der Waals surface area contributed by atoms with Gasteiger partial charge < -0.3 is 20.5 Å². The predicted molar refractivity (Wildman–Crippen MR) is 107 cm³/mol. The van der Waals surface area contributed by atoms with E-state index in [0.717, 1.165) is 44.2 Å². The number of phenolic OH excluding ortho intramolecular Hbond substituents is 1. The maximum absolute atomic E-state index is 9.27. The first-order valence-electron chi connectivity index (χ1n) is 7.99. The number of hydrogen-bond acceptors (Lipinski definition) is 3. The summed E-state index contributed by atoms with van der Waals surface area (Å²) in [5, 5.41) is 15.8. The Labute approximate surface area is 156 Å². The van der Waals surface area contributed by atoms with Crippen molar-refractivity contribution in [3.8, 4) is 5.75 Å². The summed E-state index contributed by atoms with van der Waals surface area (Å²) in [4.78, 5) is 4.53. The van der Waals surface area contributed by atoms with Gasteiger partial charge in [-0.05, 0) is 37.0 Å². The van der Waals surface area contributed by atoms with Crippen LogP contribution in [0, 0.1) is 5.92 Å². The molecular weight excluding hydrogens is 405 g/mol. The van der Waals surface area contributed by atoms with E-state index in [1.54, 1.807) is 12.1 Å². The molecule has 3 N–H and O–H groups in total. The van der Waals surface area contributed by atoms with E-state index in [-0.39, 0.29) is 29.7 Å². The average molecular weight is 435 g/mol. The normalized spacial score (nSPS) is 11.2. The van der Waals surface area contributed by atoms with Crippen LogP contribution in [0.15, 0.2) is 29.3 Å². The molecule has 1 aromatic carbocycles. The Morgan fingerprint density at radius 2 is 1.91 bits per heavy atom. The topological polar surface area (TPSA) is 65.9 Å². The highest BCUT2D eigenvalue weighted by atomic mass is 127. The Kier molecular flexibility index (Phi) is 12.8. The highest BCUT2D eigenvalue weighted by Crippen LogP contribution is 2.10.